The summed E-state index contributed by atoms with van der Waals surface area (Å²) in [5, 5.41) is 3.61. The van der Waals surface area contributed by atoms with Gasteiger partial charge in [0.2, 0.25) is 0 Å². The molecule has 8 rings (SSSR count). The van der Waals surface area contributed by atoms with Gasteiger partial charge in [0.15, 0.2) is 5.82 Å². The number of para-hydroxylation sites is 1. The predicted molar refractivity (Wildman–Crippen MR) is 158 cm³/mol. The lowest BCUT2D eigenvalue weighted by atomic mass is 10.1. The third-order valence-electron chi connectivity index (χ3n) is 7.07. The molecule has 0 amide bonds. The summed E-state index contributed by atoms with van der Waals surface area (Å²) in [5.74, 6) is 1.52. The molecule has 4 aromatic carbocycles. The summed E-state index contributed by atoms with van der Waals surface area (Å²) in [6.45, 7) is 0. The van der Waals surface area contributed by atoms with Crippen molar-refractivity contribution in [3.63, 3.8) is 0 Å². The smallest absolute Gasteiger partial charge is 0.162 e. The molecule has 0 atom stereocenters. The molecule has 0 N–H and O–H groups in total. The van der Waals surface area contributed by atoms with E-state index in [1.807, 2.05) is 42.6 Å². The molecule has 0 fully saturated rings. The highest BCUT2D eigenvalue weighted by molar-refractivity contribution is 7.26. The lowest BCUT2D eigenvalue weighted by Gasteiger charge is -2.12. The molecule has 0 aliphatic heterocycles. The van der Waals surface area contributed by atoms with Crippen LogP contribution in [0.1, 0.15) is 0 Å². The van der Waals surface area contributed by atoms with Crippen LogP contribution in [0.2, 0.25) is 0 Å². The standard InChI is InChI=1S/C33H20N4S/c1-3-11-21(12-4-1)25-19-29(36-33(35-25)22-13-5-2-6-14-22)37-26-17-9-7-15-23(26)30-27(37)20-34-31-24-16-8-10-18-28(24)38-32(30)31/h1-20H. The first-order chi connectivity index (χ1) is 18.8. The predicted octanol–water partition coefficient (Wildman–Crippen LogP) is 8.67. The van der Waals surface area contributed by atoms with Crippen molar-refractivity contribution in [2.45, 2.75) is 0 Å². The number of aromatic nitrogens is 4. The molecule has 0 unspecified atom stereocenters. The highest BCUT2D eigenvalue weighted by Crippen LogP contribution is 2.42. The van der Waals surface area contributed by atoms with Gasteiger partial charge in [0, 0.05) is 38.1 Å². The molecule has 0 radical (unpaired) electrons. The molecule has 5 heteroatoms. The van der Waals surface area contributed by atoms with Gasteiger partial charge in [0.25, 0.3) is 0 Å². The van der Waals surface area contributed by atoms with Crippen LogP contribution in [-0.2, 0) is 0 Å². The SMILES string of the molecule is c1ccc(-c2cc(-n3c4ccccc4c4c5sc6ccccc6c5ncc43)nc(-c3ccccc3)n2)cc1. The summed E-state index contributed by atoms with van der Waals surface area (Å²) >= 11 is 1.81. The van der Waals surface area contributed by atoms with Crippen LogP contribution in [-0.4, -0.2) is 19.5 Å². The summed E-state index contributed by atoms with van der Waals surface area (Å²) in [4.78, 5) is 15.1. The Labute approximate surface area is 222 Å². The first kappa shape index (κ1) is 21.2. The van der Waals surface area contributed by atoms with E-state index in [-0.39, 0.29) is 0 Å². The Hall–Kier alpha value is -4.87. The minimum atomic E-state index is 0.698. The molecular weight excluding hydrogens is 484 g/mol. The Morgan fingerprint density at radius 2 is 1.29 bits per heavy atom. The number of fused-ring (bicyclic) bond motifs is 7. The summed E-state index contributed by atoms with van der Waals surface area (Å²) in [6, 6.07) is 39.6. The quantitative estimate of drug-likeness (QED) is 0.242. The topological polar surface area (TPSA) is 43.6 Å². The maximum Gasteiger partial charge on any atom is 0.162 e. The lowest BCUT2D eigenvalue weighted by molar-refractivity contribution is 1.04. The molecule has 4 heterocycles. The van der Waals surface area contributed by atoms with Crippen molar-refractivity contribution in [2.24, 2.45) is 0 Å². The van der Waals surface area contributed by atoms with Gasteiger partial charge in [-0.3, -0.25) is 9.55 Å². The first-order valence-electron chi connectivity index (χ1n) is 12.5. The molecule has 0 aliphatic rings. The second-order valence-corrected chi connectivity index (χ2v) is 10.4. The van der Waals surface area contributed by atoms with Crippen molar-refractivity contribution in [3.05, 3.63) is 121 Å². The van der Waals surface area contributed by atoms with Crippen molar-refractivity contribution >= 4 is 53.4 Å². The van der Waals surface area contributed by atoms with Gasteiger partial charge in [-0.05, 0) is 12.1 Å². The first-order valence-corrected chi connectivity index (χ1v) is 13.4. The van der Waals surface area contributed by atoms with E-state index in [0.29, 0.717) is 5.82 Å². The molecule has 178 valence electrons. The lowest BCUT2D eigenvalue weighted by Crippen LogP contribution is -2.02. The van der Waals surface area contributed by atoms with Crippen molar-refractivity contribution in [2.75, 3.05) is 0 Å². The summed E-state index contributed by atoms with van der Waals surface area (Å²) in [6.07, 6.45) is 2.00. The average Bonchev–Trinajstić information content (AvgIpc) is 3.53. The Morgan fingerprint density at radius 1 is 0.605 bits per heavy atom. The molecule has 8 aromatic rings. The number of pyridine rings is 1. The number of benzene rings is 4. The minimum absolute atomic E-state index is 0.698. The molecule has 4 aromatic heterocycles. The van der Waals surface area contributed by atoms with Crippen LogP contribution < -0.4 is 0 Å². The van der Waals surface area contributed by atoms with Crippen LogP contribution >= 0.6 is 11.3 Å². The fourth-order valence-electron chi connectivity index (χ4n) is 5.34. The molecule has 0 aliphatic carbocycles. The van der Waals surface area contributed by atoms with Crippen LogP contribution in [0.3, 0.4) is 0 Å². The van der Waals surface area contributed by atoms with Gasteiger partial charge in [-0.25, -0.2) is 9.97 Å². The zero-order chi connectivity index (χ0) is 25.1. The number of hydrogen-bond donors (Lipinski definition) is 0. The van der Waals surface area contributed by atoms with Gasteiger partial charge in [0.1, 0.15) is 5.82 Å². The Bertz CT molecular complexity index is 2070. The molecule has 0 bridgehead atoms. The zero-order valence-corrected chi connectivity index (χ0v) is 21.1. The van der Waals surface area contributed by atoms with Crippen LogP contribution in [0.4, 0.5) is 0 Å². The molecule has 38 heavy (non-hydrogen) atoms. The van der Waals surface area contributed by atoms with E-state index in [9.17, 15) is 0 Å². The van der Waals surface area contributed by atoms with Gasteiger partial charge in [0.05, 0.1) is 33.1 Å². The molecule has 4 nitrogen and oxygen atoms in total. The van der Waals surface area contributed by atoms with Crippen LogP contribution in [0.15, 0.2) is 121 Å². The largest absolute Gasteiger partial charge is 0.292 e. The number of hydrogen-bond acceptors (Lipinski definition) is 4. The van der Waals surface area contributed by atoms with E-state index in [1.54, 1.807) is 11.3 Å². The van der Waals surface area contributed by atoms with Crippen LogP contribution in [0, 0.1) is 0 Å². The maximum absolute atomic E-state index is 5.12. The molecule has 0 saturated carbocycles. The normalized spacial score (nSPS) is 11.7. The number of nitrogens with zero attached hydrogens (tertiary/aromatic N) is 4. The second kappa shape index (κ2) is 8.33. The Kier molecular flexibility index (Phi) is 4.66. The van der Waals surface area contributed by atoms with Crippen molar-refractivity contribution in [1.82, 2.24) is 19.5 Å². The van der Waals surface area contributed by atoms with Crippen LogP contribution in [0.5, 0.6) is 0 Å². The van der Waals surface area contributed by atoms with E-state index < -0.39 is 0 Å². The van der Waals surface area contributed by atoms with Crippen molar-refractivity contribution < 1.29 is 0 Å². The van der Waals surface area contributed by atoms with Gasteiger partial charge < -0.3 is 0 Å². The van der Waals surface area contributed by atoms with Gasteiger partial charge >= 0.3 is 0 Å². The van der Waals surface area contributed by atoms with E-state index in [1.165, 1.54) is 25.6 Å². The number of thiophene rings is 1. The minimum Gasteiger partial charge on any atom is -0.292 e. The second-order valence-electron chi connectivity index (χ2n) is 9.31. The van der Waals surface area contributed by atoms with Crippen LogP contribution in [0.25, 0.3) is 70.6 Å². The Morgan fingerprint density at radius 3 is 2.11 bits per heavy atom. The van der Waals surface area contributed by atoms with E-state index in [2.05, 4.69) is 83.4 Å². The number of rotatable bonds is 3. The highest BCUT2D eigenvalue weighted by Gasteiger charge is 2.20. The Balaban J connectivity index is 1.49. The van der Waals surface area contributed by atoms with Gasteiger partial charge in [-0.2, -0.15) is 0 Å². The molecule has 0 saturated heterocycles. The fraction of sp³-hybridized carbons (Fsp3) is 0. The molecular formula is C33H20N4S. The van der Waals surface area contributed by atoms with Crippen molar-refractivity contribution in [3.8, 4) is 28.5 Å². The fourth-order valence-corrected chi connectivity index (χ4v) is 6.56. The summed E-state index contributed by atoms with van der Waals surface area (Å²) in [5.41, 5.74) is 6.12. The summed E-state index contributed by atoms with van der Waals surface area (Å²) < 4.78 is 4.69. The maximum atomic E-state index is 5.12. The third kappa shape index (κ3) is 3.19. The van der Waals surface area contributed by atoms with Gasteiger partial charge in [-0.1, -0.05) is 97.1 Å². The summed E-state index contributed by atoms with van der Waals surface area (Å²) in [7, 11) is 0. The average molecular weight is 505 g/mol. The monoisotopic (exact) mass is 504 g/mol. The zero-order valence-electron chi connectivity index (χ0n) is 20.2. The van der Waals surface area contributed by atoms with E-state index in [0.717, 1.165) is 39.2 Å². The van der Waals surface area contributed by atoms with E-state index >= 15 is 0 Å². The van der Waals surface area contributed by atoms with Gasteiger partial charge in [-0.15, -0.1) is 11.3 Å². The highest BCUT2D eigenvalue weighted by atomic mass is 32.1. The third-order valence-corrected chi connectivity index (χ3v) is 8.24. The molecule has 0 spiro atoms. The van der Waals surface area contributed by atoms with Crippen molar-refractivity contribution in [1.29, 1.82) is 0 Å². The van der Waals surface area contributed by atoms with E-state index in [4.69, 9.17) is 15.0 Å².